The van der Waals surface area contributed by atoms with Crippen molar-refractivity contribution in [3.63, 3.8) is 0 Å². The van der Waals surface area contributed by atoms with Gasteiger partial charge in [-0.2, -0.15) is 0 Å². The maximum atomic E-state index is 11.9. The molecular weight excluding hydrogens is 389 g/mol. The average molecular weight is 408 g/mol. The number of fused-ring (bicyclic) bond motifs is 1. The SMILES string of the molecule is O=C(O)C1CCCCN1C(c1ccc2c(c1)OCO2)c1cccc(Cl)c1Cl. The van der Waals surface area contributed by atoms with Gasteiger partial charge in [-0.1, -0.05) is 47.8 Å². The first-order chi connectivity index (χ1) is 13.1. The third kappa shape index (κ3) is 3.47. The first-order valence-corrected chi connectivity index (χ1v) is 9.64. The third-order valence-electron chi connectivity index (χ3n) is 5.15. The maximum absolute atomic E-state index is 11.9. The van der Waals surface area contributed by atoms with Crippen LogP contribution in [0.15, 0.2) is 36.4 Å². The highest BCUT2D eigenvalue weighted by molar-refractivity contribution is 6.42. The van der Waals surface area contributed by atoms with E-state index in [1.165, 1.54) is 0 Å². The highest BCUT2D eigenvalue weighted by Crippen LogP contribution is 2.42. The van der Waals surface area contributed by atoms with Crippen molar-refractivity contribution in [2.45, 2.75) is 31.3 Å². The lowest BCUT2D eigenvalue weighted by Gasteiger charge is -2.40. The molecule has 0 radical (unpaired) electrons. The fourth-order valence-electron chi connectivity index (χ4n) is 3.89. The van der Waals surface area contributed by atoms with Crippen LogP contribution >= 0.6 is 23.2 Å². The van der Waals surface area contributed by atoms with Crippen molar-refractivity contribution in [1.82, 2.24) is 4.90 Å². The normalized spacial score (nSPS) is 20.4. The van der Waals surface area contributed by atoms with E-state index >= 15 is 0 Å². The Morgan fingerprint density at radius 3 is 2.78 bits per heavy atom. The monoisotopic (exact) mass is 407 g/mol. The molecule has 27 heavy (non-hydrogen) atoms. The quantitative estimate of drug-likeness (QED) is 0.791. The number of halogens is 2. The van der Waals surface area contributed by atoms with E-state index in [9.17, 15) is 9.90 Å². The molecule has 1 fully saturated rings. The van der Waals surface area contributed by atoms with Gasteiger partial charge in [0.1, 0.15) is 6.04 Å². The number of aliphatic carboxylic acids is 1. The molecule has 2 unspecified atom stereocenters. The molecule has 7 heteroatoms. The maximum Gasteiger partial charge on any atom is 0.320 e. The average Bonchev–Trinajstić information content (AvgIpc) is 3.13. The zero-order chi connectivity index (χ0) is 19.0. The lowest BCUT2D eigenvalue weighted by molar-refractivity contribution is -0.145. The van der Waals surface area contributed by atoms with Gasteiger partial charge in [0.2, 0.25) is 6.79 Å². The number of carboxylic acid groups (broad SMARTS) is 1. The second kappa shape index (κ2) is 7.58. The van der Waals surface area contributed by atoms with Gasteiger partial charge in [0.15, 0.2) is 11.5 Å². The van der Waals surface area contributed by atoms with Gasteiger partial charge >= 0.3 is 5.97 Å². The van der Waals surface area contributed by atoms with Crippen molar-refractivity contribution in [3.8, 4) is 11.5 Å². The van der Waals surface area contributed by atoms with Crippen molar-refractivity contribution >= 4 is 29.2 Å². The molecule has 2 aromatic rings. The molecule has 0 aromatic heterocycles. The Kier molecular flexibility index (Phi) is 5.17. The summed E-state index contributed by atoms with van der Waals surface area (Å²) in [4.78, 5) is 13.9. The number of benzene rings is 2. The van der Waals surface area contributed by atoms with Crippen molar-refractivity contribution in [1.29, 1.82) is 0 Å². The summed E-state index contributed by atoms with van der Waals surface area (Å²) >= 11 is 12.8. The number of carbonyl (C=O) groups is 1. The van der Waals surface area contributed by atoms with E-state index in [2.05, 4.69) is 0 Å². The second-order valence-electron chi connectivity index (χ2n) is 6.75. The molecule has 1 N–H and O–H groups in total. The van der Waals surface area contributed by atoms with Crippen LogP contribution in [0.25, 0.3) is 0 Å². The van der Waals surface area contributed by atoms with Crippen LogP contribution in [-0.2, 0) is 4.79 Å². The van der Waals surface area contributed by atoms with E-state index in [1.54, 1.807) is 6.07 Å². The van der Waals surface area contributed by atoms with Gasteiger partial charge in [0.05, 0.1) is 16.1 Å². The summed E-state index contributed by atoms with van der Waals surface area (Å²) in [5.41, 5.74) is 1.69. The summed E-state index contributed by atoms with van der Waals surface area (Å²) in [6.07, 6.45) is 2.43. The summed E-state index contributed by atoms with van der Waals surface area (Å²) in [5, 5.41) is 10.7. The van der Waals surface area contributed by atoms with Crippen molar-refractivity contribution < 1.29 is 19.4 Å². The van der Waals surface area contributed by atoms with Gasteiger partial charge in [-0.3, -0.25) is 9.69 Å². The Hall–Kier alpha value is -1.95. The molecular formula is C20H19Cl2NO4. The van der Waals surface area contributed by atoms with Gasteiger partial charge in [-0.15, -0.1) is 0 Å². The molecule has 142 valence electrons. The lowest BCUT2D eigenvalue weighted by atomic mass is 9.91. The predicted octanol–water partition coefficient (Wildman–Crippen LogP) is 4.75. The largest absolute Gasteiger partial charge is 0.480 e. The number of nitrogens with zero attached hydrogens (tertiary/aromatic N) is 1. The van der Waals surface area contributed by atoms with E-state index in [0.29, 0.717) is 34.5 Å². The summed E-state index contributed by atoms with van der Waals surface area (Å²) in [6.45, 7) is 0.849. The van der Waals surface area contributed by atoms with Gasteiger partial charge in [-0.25, -0.2) is 0 Å². The summed E-state index contributed by atoms with van der Waals surface area (Å²) < 4.78 is 10.9. The summed E-state index contributed by atoms with van der Waals surface area (Å²) in [6, 6.07) is 10.2. The van der Waals surface area contributed by atoms with E-state index in [0.717, 1.165) is 24.0 Å². The Morgan fingerprint density at radius 2 is 1.96 bits per heavy atom. The van der Waals surface area contributed by atoms with E-state index in [4.69, 9.17) is 32.7 Å². The molecule has 0 bridgehead atoms. The molecule has 2 heterocycles. The standard InChI is InChI=1S/C20H19Cl2NO4/c21-14-5-3-4-13(18(14)22)19(23-9-2-1-6-15(23)20(24)25)12-7-8-16-17(10-12)27-11-26-16/h3-5,7-8,10,15,19H,1-2,6,9,11H2,(H,24,25). The molecule has 2 aromatic carbocycles. The van der Waals surface area contributed by atoms with Crippen LogP contribution in [-0.4, -0.2) is 35.4 Å². The molecule has 0 spiro atoms. The third-order valence-corrected chi connectivity index (χ3v) is 5.98. The van der Waals surface area contributed by atoms with Crippen LogP contribution in [0.1, 0.15) is 36.4 Å². The minimum atomic E-state index is -0.821. The van der Waals surface area contributed by atoms with Crippen molar-refractivity contribution in [2.75, 3.05) is 13.3 Å². The second-order valence-corrected chi connectivity index (χ2v) is 7.53. The van der Waals surface area contributed by atoms with Gasteiger partial charge < -0.3 is 14.6 Å². The number of hydrogen-bond donors (Lipinski definition) is 1. The Morgan fingerprint density at radius 1 is 1.15 bits per heavy atom. The van der Waals surface area contributed by atoms with Crippen LogP contribution < -0.4 is 9.47 Å². The molecule has 0 amide bonds. The Bertz CT molecular complexity index is 873. The number of carboxylic acids is 1. The highest BCUT2D eigenvalue weighted by atomic mass is 35.5. The molecule has 2 aliphatic rings. The van der Waals surface area contributed by atoms with E-state index in [1.807, 2.05) is 35.2 Å². The fourth-order valence-corrected chi connectivity index (χ4v) is 4.30. The topological polar surface area (TPSA) is 59.0 Å². The molecule has 0 saturated carbocycles. The zero-order valence-electron chi connectivity index (χ0n) is 14.5. The van der Waals surface area contributed by atoms with Crippen LogP contribution in [0.4, 0.5) is 0 Å². The van der Waals surface area contributed by atoms with Crippen LogP contribution in [0.3, 0.4) is 0 Å². The summed E-state index contributed by atoms with van der Waals surface area (Å²) in [5.74, 6) is 0.515. The minimum Gasteiger partial charge on any atom is -0.480 e. The highest BCUT2D eigenvalue weighted by Gasteiger charge is 2.36. The number of hydrogen-bond acceptors (Lipinski definition) is 4. The first kappa shape index (κ1) is 18.4. The molecule has 4 rings (SSSR count). The zero-order valence-corrected chi connectivity index (χ0v) is 16.0. The Labute approximate surface area is 167 Å². The molecule has 5 nitrogen and oxygen atoms in total. The van der Waals surface area contributed by atoms with Crippen LogP contribution in [0.2, 0.25) is 10.0 Å². The fraction of sp³-hybridized carbons (Fsp3) is 0.350. The van der Waals surface area contributed by atoms with Gasteiger partial charge in [0, 0.05) is 0 Å². The molecule has 2 aliphatic heterocycles. The molecule has 0 aliphatic carbocycles. The van der Waals surface area contributed by atoms with Crippen LogP contribution in [0, 0.1) is 0 Å². The summed E-state index contributed by atoms with van der Waals surface area (Å²) in [7, 11) is 0. The molecule has 2 atom stereocenters. The number of likely N-dealkylation sites (tertiary alicyclic amines) is 1. The lowest BCUT2D eigenvalue weighted by Crippen LogP contribution is -2.46. The molecule has 1 saturated heterocycles. The van der Waals surface area contributed by atoms with Crippen LogP contribution in [0.5, 0.6) is 11.5 Å². The van der Waals surface area contributed by atoms with E-state index in [-0.39, 0.29) is 12.8 Å². The first-order valence-electron chi connectivity index (χ1n) is 8.88. The number of rotatable bonds is 4. The van der Waals surface area contributed by atoms with Gasteiger partial charge in [-0.05, 0) is 48.7 Å². The smallest absolute Gasteiger partial charge is 0.320 e. The van der Waals surface area contributed by atoms with Crippen molar-refractivity contribution in [2.24, 2.45) is 0 Å². The number of piperidine rings is 1. The van der Waals surface area contributed by atoms with E-state index < -0.39 is 12.0 Å². The predicted molar refractivity (Wildman–Crippen MR) is 103 cm³/mol. The Balaban J connectivity index is 1.84. The minimum absolute atomic E-state index is 0.183. The number of ether oxygens (including phenoxy) is 2. The van der Waals surface area contributed by atoms with Gasteiger partial charge in [0.25, 0.3) is 0 Å². The van der Waals surface area contributed by atoms with Crippen molar-refractivity contribution in [3.05, 3.63) is 57.6 Å².